The largest absolute Gasteiger partial charge is 0.481 e. The Morgan fingerprint density at radius 2 is 1.71 bits per heavy atom. The number of carboxylic acids is 1. The maximum Gasteiger partial charge on any atom is 0.303 e. The van der Waals surface area contributed by atoms with Gasteiger partial charge in [0.15, 0.2) is 0 Å². The number of carbonyl (C=O) groups is 1. The van der Waals surface area contributed by atoms with Crippen LogP contribution in [0, 0.1) is 0 Å². The Morgan fingerprint density at radius 3 is 2.29 bits per heavy atom. The van der Waals surface area contributed by atoms with Crippen molar-refractivity contribution in [1.29, 1.82) is 0 Å². The summed E-state index contributed by atoms with van der Waals surface area (Å²) in [6, 6.07) is 0. The molecule has 1 unspecified atom stereocenters. The fourth-order valence-electron chi connectivity index (χ4n) is 2.29. The van der Waals surface area contributed by atoms with Crippen molar-refractivity contribution in [3.63, 3.8) is 0 Å². The van der Waals surface area contributed by atoms with Gasteiger partial charge in [0.25, 0.3) is 0 Å². The molecule has 21 heavy (non-hydrogen) atoms. The molecule has 0 radical (unpaired) electrons. The highest BCUT2D eigenvalue weighted by atomic mass is 16.4. The SMILES string of the molecule is C=CC(O)(CC=CCCC(=O)O)CCCCCCCCC. The van der Waals surface area contributed by atoms with Gasteiger partial charge in [0, 0.05) is 6.42 Å². The molecule has 1 atom stereocenters. The molecule has 0 heterocycles. The van der Waals surface area contributed by atoms with Crippen molar-refractivity contribution in [2.75, 3.05) is 0 Å². The second-order valence-electron chi connectivity index (χ2n) is 5.79. The molecule has 0 fully saturated rings. The number of unbranched alkanes of at least 4 members (excludes halogenated alkanes) is 6. The van der Waals surface area contributed by atoms with Gasteiger partial charge in [-0.2, -0.15) is 0 Å². The van der Waals surface area contributed by atoms with Crippen molar-refractivity contribution in [2.45, 2.75) is 83.2 Å². The first-order chi connectivity index (χ1) is 10.0. The minimum absolute atomic E-state index is 0.140. The van der Waals surface area contributed by atoms with E-state index in [0.717, 1.165) is 19.3 Å². The van der Waals surface area contributed by atoms with Gasteiger partial charge in [-0.05, 0) is 19.3 Å². The number of hydrogen-bond donors (Lipinski definition) is 2. The van der Waals surface area contributed by atoms with Gasteiger partial charge in [-0.25, -0.2) is 0 Å². The molecular formula is C18H32O3. The first-order valence-corrected chi connectivity index (χ1v) is 8.27. The third-order valence-electron chi connectivity index (χ3n) is 3.76. The van der Waals surface area contributed by atoms with Crippen LogP contribution in [0.1, 0.15) is 77.6 Å². The zero-order valence-corrected chi connectivity index (χ0v) is 13.5. The molecule has 0 saturated carbocycles. The summed E-state index contributed by atoms with van der Waals surface area (Å²) in [4.78, 5) is 10.4. The Kier molecular flexibility index (Phi) is 12.0. The fraction of sp³-hybridized carbons (Fsp3) is 0.722. The summed E-state index contributed by atoms with van der Waals surface area (Å²) in [5, 5.41) is 18.9. The Bertz CT molecular complexity index is 310. The molecule has 0 spiro atoms. The topological polar surface area (TPSA) is 57.5 Å². The Balaban J connectivity index is 3.78. The zero-order chi connectivity index (χ0) is 16.0. The lowest BCUT2D eigenvalue weighted by molar-refractivity contribution is -0.136. The molecule has 3 nitrogen and oxygen atoms in total. The van der Waals surface area contributed by atoms with Gasteiger partial charge >= 0.3 is 5.97 Å². The van der Waals surface area contributed by atoms with Gasteiger partial charge in [-0.15, -0.1) is 6.58 Å². The summed E-state index contributed by atoms with van der Waals surface area (Å²) in [7, 11) is 0. The molecule has 122 valence electrons. The van der Waals surface area contributed by atoms with Crippen LogP contribution in [0.5, 0.6) is 0 Å². The second-order valence-corrected chi connectivity index (χ2v) is 5.79. The normalized spacial score (nSPS) is 14.2. The summed E-state index contributed by atoms with van der Waals surface area (Å²) in [5.74, 6) is -0.790. The molecule has 0 aliphatic carbocycles. The first-order valence-electron chi connectivity index (χ1n) is 8.27. The molecule has 0 bridgehead atoms. The molecule has 0 aliphatic heterocycles. The van der Waals surface area contributed by atoms with E-state index in [1.807, 2.05) is 12.2 Å². The molecule has 0 aromatic heterocycles. The first kappa shape index (κ1) is 19.9. The van der Waals surface area contributed by atoms with E-state index < -0.39 is 11.6 Å². The van der Waals surface area contributed by atoms with Crippen LogP contribution in [-0.2, 0) is 4.79 Å². The molecule has 0 amide bonds. The van der Waals surface area contributed by atoms with Crippen LogP contribution < -0.4 is 0 Å². The zero-order valence-electron chi connectivity index (χ0n) is 13.5. The highest BCUT2D eigenvalue weighted by molar-refractivity contribution is 5.66. The average molecular weight is 296 g/mol. The number of aliphatic hydroxyl groups is 1. The van der Waals surface area contributed by atoms with Gasteiger partial charge < -0.3 is 10.2 Å². The molecule has 0 saturated heterocycles. The minimum Gasteiger partial charge on any atom is -0.481 e. The van der Waals surface area contributed by atoms with Crippen LogP contribution in [0.15, 0.2) is 24.8 Å². The van der Waals surface area contributed by atoms with Gasteiger partial charge in [0.05, 0.1) is 5.60 Å². The third kappa shape index (κ3) is 12.4. The monoisotopic (exact) mass is 296 g/mol. The Hall–Kier alpha value is -1.09. The lowest BCUT2D eigenvalue weighted by Crippen LogP contribution is -2.24. The lowest BCUT2D eigenvalue weighted by atomic mass is 9.92. The second kappa shape index (κ2) is 12.6. The van der Waals surface area contributed by atoms with Crippen molar-refractivity contribution in [3.8, 4) is 0 Å². The van der Waals surface area contributed by atoms with Crippen molar-refractivity contribution in [2.24, 2.45) is 0 Å². The van der Waals surface area contributed by atoms with Crippen LogP contribution in [0.3, 0.4) is 0 Å². The van der Waals surface area contributed by atoms with E-state index in [-0.39, 0.29) is 6.42 Å². The van der Waals surface area contributed by atoms with E-state index in [9.17, 15) is 9.90 Å². The maximum atomic E-state index is 10.4. The van der Waals surface area contributed by atoms with Crippen molar-refractivity contribution < 1.29 is 15.0 Å². The van der Waals surface area contributed by atoms with E-state index in [1.54, 1.807) is 6.08 Å². The van der Waals surface area contributed by atoms with Crippen molar-refractivity contribution in [1.82, 2.24) is 0 Å². The molecular weight excluding hydrogens is 264 g/mol. The predicted octanol–water partition coefficient (Wildman–Crippen LogP) is 4.86. The van der Waals surface area contributed by atoms with Crippen molar-refractivity contribution in [3.05, 3.63) is 24.8 Å². The van der Waals surface area contributed by atoms with E-state index in [2.05, 4.69) is 13.5 Å². The van der Waals surface area contributed by atoms with E-state index in [0.29, 0.717) is 12.8 Å². The third-order valence-corrected chi connectivity index (χ3v) is 3.76. The Morgan fingerprint density at radius 1 is 1.10 bits per heavy atom. The smallest absolute Gasteiger partial charge is 0.303 e. The minimum atomic E-state index is -0.844. The summed E-state index contributed by atoms with van der Waals surface area (Å²) in [6.07, 6.45) is 15.8. The quantitative estimate of drug-likeness (QED) is 0.355. The molecule has 0 aromatic carbocycles. The summed E-state index contributed by atoms with van der Waals surface area (Å²) < 4.78 is 0. The van der Waals surface area contributed by atoms with E-state index in [1.165, 1.54) is 32.1 Å². The summed E-state index contributed by atoms with van der Waals surface area (Å²) in [6.45, 7) is 5.94. The molecule has 0 aliphatic rings. The van der Waals surface area contributed by atoms with Gasteiger partial charge in [0.1, 0.15) is 0 Å². The fourth-order valence-corrected chi connectivity index (χ4v) is 2.29. The van der Waals surface area contributed by atoms with Crippen LogP contribution in [0.25, 0.3) is 0 Å². The van der Waals surface area contributed by atoms with Gasteiger partial charge in [-0.1, -0.05) is 70.1 Å². The number of aliphatic carboxylic acids is 1. The highest BCUT2D eigenvalue weighted by Gasteiger charge is 2.20. The van der Waals surface area contributed by atoms with Gasteiger partial charge in [0.2, 0.25) is 0 Å². The number of allylic oxidation sites excluding steroid dienone is 1. The predicted molar refractivity (Wildman–Crippen MR) is 88.4 cm³/mol. The Labute approximate surface area is 129 Å². The van der Waals surface area contributed by atoms with Gasteiger partial charge in [-0.3, -0.25) is 4.79 Å². The van der Waals surface area contributed by atoms with Crippen LogP contribution in [-0.4, -0.2) is 21.8 Å². The average Bonchev–Trinajstić information content (AvgIpc) is 2.45. The molecule has 2 N–H and O–H groups in total. The molecule has 0 aromatic rings. The summed E-state index contributed by atoms with van der Waals surface area (Å²) in [5.41, 5.74) is -0.844. The number of carboxylic acid groups (broad SMARTS) is 1. The van der Waals surface area contributed by atoms with E-state index in [4.69, 9.17) is 5.11 Å². The lowest BCUT2D eigenvalue weighted by Gasteiger charge is -2.22. The maximum absolute atomic E-state index is 10.4. The number of hydrogen-bond acceptors (Lipinski definition) is 2. The van der Waals surface area contributed by atoms with Crippen molar-refractivity contribution >= 4 is 5.97 Å². The van der Waals surface area contributed by atoms with Crippen LogP contribution in [0.2, 0.25) is 0 Å². The van der Waals surface area contributed by atoms with Crippen LogP contribution >= 0.6 is 0 Å². The van der Waals surface area contributed by atoms with Crippen LogP contribution in [0.4, 0.5) is 0 Å². The standard InChI is InChI=1S/C18H32O3/c1-3-5-6-7-8-9-12-15-18(21,4-2)16-13-10-11-14-17(19)20/h4,10,13,21H,2-3,5-9,11-12,14-16H2,1H3,(H,19,20). The molecule has 0 rings (SSSR count). The van der Waals surface area contributed by atoms with E-state index >= 15 is 0 Å². The highest BCUT2D eigenvalue weighted by Crippen LogP contribution is 2.22. The molecule has 3 heteroatoms. The number of rotatable bonds is 14. The summed E-state index contributed by atoms with van der Waals surface area (Å²) >= 11 is 0.